The van der Waals surface area contributed by atoms with E-state index in [1.807, 2.05) is 48.5 Å². The third-order valence-electron chi connectivity index (χ3n) is 8.09. The van der Waals surface area contributed by atoms with E-state index >= 15 is 0 Å². The number of para-hydroxylation sites is 3. The number of aromatic nitrogens is 3. The number of hydrogen-bond acceptors (Lipinski definition) is 3. The van der Waals surface area contributed by atoms with Gasteiger partial charge >= 0.3 is 0 Å². The van der Waals surface area contributed by atoms with E-state index < -0.39 is 0 Å². The topological polar surface area (TPSA) is 50.9 Å². The van der Waals surface area contributed by atoms with Crippen molar-refractivity contribution in [1.29, 1.82) is 0 Å². The van der Waals surface area contributed by atoms with Crippen molar-refractivity contribution in [1.82, 2.24) is 14.5 Å². The van der Waals surface area contributed by atoms with Crippen molar-refractivity contribution in [2.24, 2.45) is 0 Å². The van der Waals surface area contributed by atoms with Crippen molar-refractivity contribution in [3.63, 3.8) is 0 Å². The van der Waals surface area contributed by atoms with Gasteiger partial charge in [-0.3, -0.25) is 9.55 Å². The van der Waals surface area contributed by atoms with E-state index in [9.17, 15) is 5.11 Å². The molecule has 7 aromatic rings. The van der Waals surface area contributed by atoms with Crippen LogP contribution in [0.3, 0.4) is 0 Å². The Kier molecular flexibility index (Phi) is 8.03. The fourth-order valence-electron chi connectivity index (χ4n) is 5.71. The van der Waals surface area contributed by atoms with Gasteiger partial charge in [-0.05, 0) is 42.0 Å². The van der Waals surface area contributed by atoms with Crippen molar-refractivity contribution >= 4 is 11.0 Å². The number of nitrogens with zero attached hydrogens (tertiary/aromatic N) is 3. The second-order valence-electron chi connectivity index (χ2n) is 11.2. The van der Waals surface area contributed by atoms with Crippen LogP contribution in [0, 0.1) is 6.07 Å². The Balaban J connectivity index is 0.00000343. The molecule has 0 aliphatic rings. The molecule has 7 rings (SSSR count). The van der Waals surface area contributed by atoms with Crippen LogP contribution in [0.2, 0.25) is 0 Å². The molecular formula is C39H30N3OPt-. The minimum atomic E-state index is -0.246. The molecule has 0 aliphatic heterocycles. The molecule has 2 aromatic heterocycles. The van der Waals surface area contributed by atoms with Crippen LogP contribution in [-0.2, 0) is 26.5 Å². The number of pyridine rings is 1. The van der Waals surface area contributed by atoms with Crippen LogP contribution >= 0.6 is 0 Å². The number of hydrogen-bond donors (Lipinski definition) is 1. The van der Waals surface area contributed by atoms with Crippen molar-refractivity contribution in [3.05, 3.63) is 157 Å². The third-order valence-corrected chi connectivity index (χ3v) is 8.09. The molecule has 5 aromatic carbocycles. The Hall–Kier alpha value is -4.79. The van der Waals surface area contributed by atoms with E-state index in [2.05, 4.69) is 109 Å². The monoisotopic (exact) mass is 751 g/mol. The van der Waals surface area contributed by atoms with Gasteiger partial charge in [0, 0.05) is 43.6 Å². The van der Waals surface area contributed by atoms with Crippen molar-refractivity contribution in [2.75, 3.05) is 0 Å². The molecule has 0 unspecified atom stereocenters. The summed E-state index contributed by atoms with van der Waals surface area (Å²) < 4.78 is 2.11. The van der Waals surface area contributed by atoms with Gasteiger partial charge < -0.3 is 5.11 Å². The summed E-state index contributed by atoms with van der Waals surface area (Å²) in [4.78, 5) is 10.3. The first-order valence-electron chi connectivity index (χ1n) is 14.4. The molecule has 0 amide bonds. The van der Waals surface area contributed by atoms with E-state index in [0.717, 1.165) is 44.8 Å². The Bertz CT molecular complexity index is 2070. The Morgan fingerprint density at radius 2 is 1.25 bits per heavy atom. The van der Waals surface area contributed by atoms with Gasteiger partial charge in [0.25, 0.3) is 0 Å². The first-order valence-corrected chi connectivity index (χ1v) is 14.4. The summed E-state index contributed by atoms with van der Waals surface area (Å²) in [6.07, 6.45) is 0. The fraction of sp³-hybridized carbons (Fsp3) is 0.0769. The van der Waals surface area contributed by atoms with Gasteiger partial charge in [-0.2, -0.15) is 0 Å². The van der Waals surface area contributed by atoms with Gasteiger partial charge in [0.2, 0.25) is 0 Å². The standard InChI is InChI=1S/C39H30N3O.Pt/c1-39(2,29-16-5-3-6-17-29)36-25-13-22-33(40-36)28-15-11-14-27(26-28)31-21-12-23-34-37(31)41-38(32-20-9-10-24-35(32)43)42(34)30-18-7-4-8-19-30;/h3-25,43H,1-2H3;/q-1;. The summed E-state index contributed by atoms with van der Waals surface area (Å²) in [5.74, 6) is 0.870. The normalized spacial score (nSPS) is 11.3. The largest absolute Gasteiger partial charge is 0.507 e. The van der Waals surface area contributed by atoms with E-state index in [1.165, 1.54) is 5.56 Å². The Labute approximate surface area is 272 Å². The maximum Gasteiger partial charge on any atom is 0.148 e. The molecule has 0 bridgehead atoms. The molecule has 2 heterocycles. The first-order chi connectivity index (χ1) is 21.0. The molecule has 0 aliphatic carbocycles. The second-order valence-corrected chi connectivity index (χ2v) is 11.2. The summed E-state index contributed by atoms with van der Waals surface area (Å²) in [7, 11) is 0. The van der Waals surface area contributed by atoms with E-state index in [-0.39, 0.29) is 32.2 Å². The molecule has 0 atom stereocenters. The molecule has 4 nitrogen and oxygen atoms in total. The predicted molar refractivity (Wildman–Crippen MR) is 174 cm³/mol. The molecule has 0 saturated heterocycles. The van der Waals surface area contributed by atoms with Crippen LogP contribution in [0.1, 0.15) is 25.1 Å². The van der Waals surface area contributed by atoms with Crippen LogP contribution in [0.25, 0.3) is 50.5 Å². The van der Waals surface area contributed by atoms with Crippen LogP contribution in [0.15, 0.2) is 140 Å². The minimum Gasteiger partial charge on any atom is -0.507 e. The second kappa shape index (κ2) is 12.1. The average molecular weight is 752 g/mol. The Morgan fingerprint density at radius 1 is 0.614 bits per heavy atom. The van der Waals surface area contributed by atoms with E-state index in [4.69, 9.17) is 9.97 Å². The predicted octanol–water partition coefficient (Wildman–Crippen LogP) is 9.25. The van der Waals surface area contributed by atoms with Crippen molar-refractivity contribution in [3.8, 4) is 45.2 Å². The molecule has 0 radical (unpaired) electrons. The maximum absolute atomic E-state index is 10.8. The molecule has 218 valence electrons. The number of imidazole rings is 1. The number of rotatable bonds is 6. The van der Waals surface area contributed by atoms with Gasteiger partial charge in [0.15, 0.2) is 0 Å². The summed E-state index contributed by atoms with van der Waals surface area (Å²) >= 11 is 0. The zero-order valence-electron chi connectivity index (χ0n) is 24.4. The molecule has 44 heavy (non-hydrogen) atoms. The van der Waals surface area contributed by atoms with Gasteiger partial charge in [-0.15, -0.1) is 29.8 Å². The molecule has 5 heteroatoms. The number of aromatic hydroxyl groups is 1. The quantitative estimate of drug-likeness (QED) is 0.173. The summed E-state index contributed by atoms with van der Waals surface area (Å²) in [6.45, 7) is 4.42. The SMILES string of the molecule is CC(C)(c1ccccc1)c1cccc(-c2[c-]c(-c3cccc4c3nc(-c3ccccc3O)n4-c3ccccc3)ccc2)n1.[Pt]. The van der Waals surface area contributed by atoms with Crippen molar-refractivity contribution in [2.45, 2.75) is 19.3 Å². The van der Waals surface area contributed by atoms with Gasteiger partial charge in [0.1, 0.15) is 11.6 Å². The summed E-state index contributed by atoms with van der Waals surface area (Å²) in [5.41, 5.74) is 9.10. The zero-order chi connectivity index (χ0) is 29.4. The van der Waals surface area contributed by atoms with Crippen molar-refractivity contribution < 1.29 is 26.2 Å². The first kappa shape index (κ1) is 29.3. The molecular weight excluding hydrogens is 722 g/mol. The fourth-order valence-corrected chi connectivity index (χ4v) is 5.71. The zero-order valence-corrected chi connectivity index (χ0v) is 26.7. The molecule has 0 spiro atoms. The third kappa shape index (κ3) is 5.27. The van der Waals surface area contributed by atoms with Crippen LogP contribution in [-0.4, -0.2) is 19.6 Å². The average Bonchev–Trinajstić information content (AvgIpc) is 3.45. The van der Waals surface area contributed by atoms with Crippen LogP contribution < -0.4 is 0 Å². The smallest absolute Gasteiger partial charge is 0.148 e. The number of phenolic OH excluding ortho intramolecular Hbond substituents is 1. The van der Waals surface area contributed by atoms with Gasteiger partial charge in [0.05, 0.1) is 16.6 Å². The van der Waals surface area contributed by atoms with Crippen LogP contribution in [0.5, 0.6) is 5.75 Å². The summed E-state index contributed by atoms with van der Waals surface area (Å²) in [5, 5.41) is 10.8. The van der Waals surface area contributed by atoms with Gasteiger partial charge in [-0.25, -0.2) is 4.98 Å². The number of fused-ring (bicyclic) bond motifs is 1. The van der Waals surface area contributed by atoms with Gasteiger partial charge in [-0.1, -0.05) is 110 Å². The molecule has 0 saturated carbocycles. The summed E-state index contributed by atoms with van der Waals surface area (Å²) in [6, 6.07) is 50.2. The van der Waals surface area contributed by atoms with E-state index in [0.29, 0.717) is 11.4 Å². The maximum atomic E-state index is 10.8. The number of phenols is 1. The number of benzene rings is 5. The van der Waals surface area contributed by atoms with E-state index in [1.54, 1.807) is 6.07 Å². The minimum absolute atomic E-state index is 0. The Morgan fingerprint density at radius 3 is 2.02 bits per heavy atom. The molecule has 1 N–H and O–H groups in total. The van der Waals surface area contributed by atoms with Crippen LogP contribution in [0.4, 0.5) is 0 Å². The molecule has 0 fully saturated rings.